The number of hydrogen-bond acceptors (Lipinski definition) is 4. The van der Waals surface area contributed by atoms with Gasteiger partial charge in [0, 0.05) is 24.4 Å². The Kier molecular flexibility index (Phi) is 6.66. The summed E-state index contributed by atoms with van der Waals surface area (Å²) in [6, 6.07) is 0.395. The second kappa shape index (κ2) is 6.71. The van der Waals surface area contributed by atoms with Crippen molar-refractivity contribution in [2.75, 3.05) is 32.1 Å². The Hall–Kier alpha value is -0.130. The van der Waals surface area contributed by atoms with Gasteiger partial charge in [-0.25, -0.2) is 8.42 Å². The van der Waals surface area contributed by atoms with Gasteiger partial charge in [0.2, 0.25) is 0 Å². The molecule has 0 radical (unpaired) electrons. The van der Waals surface area contributed by atoms with Gasteiger partial charge in [-0.05, 0) is 47.7 Å². The van der Waals surface area contributed by atoms with Gasteiger partial charge in [0.25, 0.3) is 0 Å². The molecule has 0 heterocycles. The summed E-state index contributed by atoms with van der Waals surface area (Å²) in [5, 5.41) is 3.44. The summed E-state index contributed by atoms with van der Waals surface area (Å²) in [5.74, 6) is 0.237. The molecule has 0 saturated carbocycles. The topological polar surface area (TPSA) is 49.4 Å². The van der Waals surface area contributed by atoms with E-state index in [4.69, 9.17) is 0 Å². The second-order valence-corrected chi connectivity index (χ2v) is 8.18. The number of nitrogens with zero attached hydrogens (tertiary/aromatic N) is 1. The lowest BCUT2D eigenvalue weighted by Gasteiger charge is -2.27. The van der Waals surface area contributed by atoms with E-state index in [-0.39, 0.29) is 11.3 Å². The number of rotatable bonds is 7. The highest BCUT2D eigenvalue weighted by Gasteiger charge is 2.13. The molecule has 1 unspecified atom stereocenters. The molecule has 5 heteroatoms. The molecule has 0 aromatic rings. The van der Waals surface area contributed by atoms with Crippen LogP contribution in [0.5, 0.6) is 0 Å². The van der Waals surface area contributed by atoms with Crippen LogP contribution in [-0.4, -0.2) is 57.0 Å². The zero-order chi connectivity index (χ0) is 13.7. The molecule has 0 aliphatic carbocycles. The van der Waals surface area contributed by atoms with Crippen LogP contribution in [0.3, 0.4) is 0 Å². The van der Waals surface area contributed by atoms with Gasteiger partial charge in [-0.3, -0.25) is 0 Å². The minimum Gasteiger partial charge on any atom is -0.312 e. The van der Waals surface area contributed by atoms with Crippen molar-refractivity contribution in [2.24, 2.45) is 0 Å². The summed E-state index contributed by atoms with van der Waals surface area (Å²) < 4.78 is 22.1. The molecule has 0 amide bonds. The summed E-state index contributed by atoms with van der Waals surface area (Å²) in [6.07, 6.45) is 2.31. The van der Waals surface area contributed by atoms with Gasteiger partial charge in [0.1, 0.15) is 9.84 Å². The fourth-order valence-corrected chi connectivity index (χ4v) is 2.03. The maximum absolute atomic E-state index is 11.1. The molecule has 0 saturated heterocycles. The predicted octanol–water partition coefficient (Wildman–Crippen LogP) is 1.13. The van der Waals surface area contributed by atoms with Crippen molar-refractivity contribution in [3.05, 3.63) is 0 Å². The Bertz CT molecular complexity index is 307. The van der Waals surface area contributed by atoms with E-state index in [9.17, 15) is 8.42 Å². The van der Waals surface area contributed by atoms with Crippen molar-refractivity contribution in [1.82, 2.24) is 10.2 Å². The number of hydrogen-bond donors (Lipinski definition) is 1. The van der Waals surface area contributed by atoms with Crippen LogP contribution >= 0.6 is 0 Å². The lowest BCUT2D eigenvalue weighted by Crippen LogP contribution is -2.40. The first kappa shape index (κ1) is 16.9. The fourth-order valence-electron chi connectivity index (χ4n) is 1.41. The standard InChI is InChI=1S/C12H28N2O2S/c1-11(7-8-13-12(2,3)4)14(5)9-10-17(6,15)16/h11,13H,7-10H2,1-6H3. The van der Waals surface area contributed by atoms with Crippen molar-refractivity contribution >= 4 is 9.84 Å². The minimum atomic E-state index is -2.85. The van der Waals surface area contributed by atoms with Crippen molar-refractivity contribution in [3.63, 3.8) is 0 Å². The van der Waals surface area contributed by atoms with Crippen molar-refractivity contribution in [3.8, 4) is 0 Å². The first-order valence-corrected chi connectivity index (χ1v) is 8.20. The second-order valence-electron chi connectivity index (χ2n) is 5.92. The summed E-state index contributed by atoms with van der Waals surface area (Å²) in [7, 11) is -0.875. The Morgan fingerprint density at radius 3 is 2.24 bits per heavy atom. The number of nitrogens with one attached hydrogen (secondary N) is 1. The average molecular weight is 264 g/mol. The summed E-state index contributed by atoms with van der Waals surface area (Å²) in [4.78, 5) is 2.10. The highest BCUT2D eigenvalue weighted by atomic mass is 32.2. The van der Waals surface area contributed by atoms with Crippen LogP contribution in [0.4, 0.5) is 0 Å². The van der Waals surface area contributed by atoms with E-state index in [1.165, 1.54) is 6.26 Å². The van der Waals surface area contributed by atoms with Crippen LogP contribution in [0.15, 0.2) is 0 Å². The smallest absolute Gasteiger partial charge is 0.148 e. The van der Waals surface area contributed by atoms with Gasteiger partial charge in [-0.2, -0.15) is 0 Å². The van der Waals surface area contributed by atoms with Gasteiger partial charge in [-0.1, -0.05) is 0 Å². The predicted molar refractivity (Wildman–Crippen MR) is 74.2 cm³/mol. The van der Waals surface area contributed by atoms with Crippen molar-refractivity contribution in [1.29, 1.82) is 0 Å². The molecule has 0 aromatic carbocycles. The van der Waals surface area contributed by atoms with Crippen LogP contribution in [0.25, 0.3) is 0 Å². The minimum absolute atomic E-state index is 0.144. The number of sulfone groups is 1. The van der Waals surface area contributed by atoms with E-state index in [0.717, 1.165) is 13.0 Å². The molecule has 0 aromatic heterocycles. The van der Waals surface area contributed by atoms with Crippen LogP contribution in [0.1, 0.15) is 34.1 Å². The molecule has 0 rings (SSSR count). The largest absolute Gasteiger partial charge is 0.312 e. The lowest BCUT2D eigenvalue weighted by atomic mass is 10.1. The third-order valence-corrected chi connectivity index (χ3v) is 3.71. The zero-order valence-electron chi connectivity index (χ0n) is 12.1. The molecule has 0 aliphatic rings. The maximum atomic E-state index is 11.1. The van der Waals surface area contributed by atoms with Gasteiger partial charge >= 0.3 is 0 Å². The first-order valence-electron chi connectivity index (χ1n) is 6.14. The molecule has 0 bridgehead atoms. The van der Waals surface area contributed by atoms with Gasteiger partial charge < -0.3 is 10.2 Å². The third kappa shape index (κ3) is 10.7. The fraction of sp³-hybridized carbons (Fsp3) is 1.00. The van der Waals surface area contributed by atoms with Crippen LogP contribution in [0.2, 0.25) is 0 Å². The Labute approximate surface area is 107 Å². The van der Waals surface area contributed by atoms with Gasteiger partial charge in [-0.15, -0.1) is 0 Å². The molecule has 4 nitrogen and oxygen atoms in total. The Morgan fingerprint density at radius 2 is 1.82 bits per heavy atom. The van der Waals surface area contributed by atoms with E-state index < -0.39 is 9.84 Å². The Balaban J connectivity index is 3.86. The first-order chi connectivity index (χ1) is 7.51. The quantitative estimate of drug-likeness (QED) is 0.749. The molecule has 0 aliphatic heterocycles. The molecule has 17 heavy (non-hydrogen) atoms. The summed E-state index contributed by atoms with van der Waals surface area (Å²) >= 11 is 0. The van der Waals surface area contributed by atoms with Gasteiger partial charge in [0.05, 0.1) is 5.75 Å². The molecular weight excluding hydrogens is 236 g/mol. The Morgan fingerprint density at radius 1 is 1.29 bits per heavy atom. The third-order valence-electron chi connectivity index (χ3n) is 2.78. The summed E-state index contributed by atoms with van der Waals surface area (Å²) in [6.45, 7) is 10.1. The maximum Gasteiger partial charge on any atom is 0.148 e. The van der Waals surface area contributed by atoms with E-state index >= 15 is 0 Å². The zero-order valence-corrected chi connectivity index (χ0v) is 12.9. The highest BCUT2D eigenvalue weighted by molar-refractivity contribution is 7.90. The highest BCUT2D eigenvalue weighted by Crippen LogP contribution is 2.03. The van der Waals surface area contributed by atoms with Crippen molar-refractivity contribution in [2.45, 2.75) is 45.7 Å². The molecule has 1 atom stereocenters. The van der Waals surface area contributed by atoms with Crippen LogP contribution < -0.4 is 5.32 Å². The SMILES string of the molecule is CC(CCNC(C)(C)C)N(C)CCS(C)(=O)=O. The van der Waals surface area contributed by atoms with E-state index in [1.807, 2.05) is 7.05 Å². The summed E-state index contributed by atoms with van der Waals surface area (Å²) in [5.41, 5.74) is 0.144. The molecule has 104 valence electrons. The van der Waals surface area contributed by atoms with Crippen LogP contribution in [-0.2, 0) is 9.84 Å². The van der Waals surface area contributed by atoms with E-state index in [0.29, 0.717) is 12.6 Å². The van der Waals surface area contributed by atoms with Crippen LogP contribution in [0, 0.1) is 0 Å². The van der Waals surface area contributed by atoms with Gasteiger partial charge in [0.15, 0.2) is 0 Å². The monoisotopic (exact) mass is 264 g/mol. The van der Waals surface area contributed by atoms with E-state index in [1.54, 1.807) is 0 Å². The molecule has 1 N–H and O–H groups in total. The van der Waals surface area contributed by atoms with E-state index in [2.05, 4.69) is 37.9 Å². The van der Waals surface area contributed by atoms with Crippen molar-refractivity contribution < 1.29 is 8.42 Å². The molecule has 0 fully saturated rings. The average Bonchev–Trinajstić information content (AvgIpc) is 2.10. The molecular formula is C12H28N2O2S. The normalized spacial score (nSPS) is 15.2. The molecule has 0 spiro atoms. The lowest BCUT2D eigenvalue weighted by molar-refractivity contribution is 0.251.